The van der Waals surface area contributed by atoms with E-state index in [-0.39, 0.29) is 0 Å². The monoisotopic (exact) mass is 474 g/mol. The lowest BCUT2D eigenvalue weighted by Gasteiger charge is -2.44. The molecule has 1 N–H and O–H groups in total. The lowest BCUT2D eigenvalue weighted by Crippen LogP contribution is -2.63. The van der Waals surface area contributed by atoms with Crippen molar-refractivity contribution in [3.63, 3.8) is 0 Å². The Morgan fingerprint density at radius 2 is 1.12 bits per heavy atom. The molecule has 1 rings (SSSR count). The minimum atomic E-state index is -1.73. The Morgan fingerprint density at radius 1 is 0.697 bits per heavy atom. The quantitative estimate of drug-likeness (QED) is 0.466. The van der Waals surface area contributed by atoms with E-state index < -0.39 is 77.4 Å². The van der Waals surface area contributed by atoms with Crippen molar-refractivity contribution in [3.05, 3.63) is 0 Å². The highest BCUT2D eigenvalue weighted by Crippen LogP contribution is 2.32. The summed E-state index contributed by atoms with van der Waals surface area (Å²) in [4.78, 5) is 49.4. The van der Waals surface area contributed by atoms with Gasteiger partial charge in [0.2, 0.25) is 0 Å². The SMILES string of the molecule is CC(=O)O[C@@H]1[C@@H](OC(=O)C(C)(C)C)[C@H](OC(=O)C(C)(C)C)[C@@H](COC(=O)C(C)(C)C)O[C@@H]1O. The molecule has 0 radical (unpaired) electrons. The summed E-state index contributed by atoms with van der Waals surface area (Å²) < 4.78 is 27.2. The number of ether oxygens (including phenoxy) is 5. The summed E-state index contributed by atoms with van der Waals surface area (Å²) in [5.74, 6) is -2.65. The first-order valence-electron chi connectivity index (χ1n) is 10.8. The molecule has 0 amide bonds. The van der Waals surface area contributed by atoms with Crippen LogP contribution in [0.1, 0.15) is 69.2 Å². The van der Waals surface area contributed by atoms with E-state index in [1.54, 1.807) is 62.3 Å². The molecule has 1 heterocycles. The Hall–Kier alpha value is -2.20. The molecule has 0 unspecified atom stereocenters. The van der Waals surface area contributed by atoms with E-state index >= 15 is 0 Å². The number of esters is 4. The average Bonchev–Trinajstić information content (AvgIpc) is 2.61. The van der Waals surface area contributed by atoms with Crippen LogP contribution in [0.15, 0.2) is 0 Å². The van der Waals surface area contributed by atoms with Crippen molar-refractivity contribution in [1.29, 1.82) is 0 Å². The first-order valence-corrected chi connectivity index (χ1v) is 10.8. The van der Waals surface area contributed by atoms with Crippen LogP contribution in [0.25, 0.3) is 0 Å². The van der Waals surface area contributed by atoms with E-state index in [4.69, 9.17) is 23.7 Å². The Balaban J connectivity index is 3.39. The fraction of sp³-hybridized carbons (Fsp3) is 0.826. The third kappa shape index (κ3) is 8.26. The van der Waals surface area contributed by atoms with Crippen molar-refractivity contribution < 1.29 is 48.0 Å². The zero-order valence-corrected chi connectivity index (χ0v) is 21.2. The molecule has 10 heteroatoms. The summed E-state index contributed by atoms with van der Waals surface area (Å²) in [5.41, 5.74) is -2.70. The molecule has 0 aromatic rings. The molecular weight excluding hydrogens is 436 g/mol. The third-order valence-corrected chi connectivity index (χ3v) is 4.61. The molecule has 0 saturated carbocycles. The number of carbonyl (C=O) groups excluding carboxylic acids is 4. The van der Waals surface area contributed by atoms with Gasteiger partial charge in [-0.25, -0.2) is 0 Å². The second kappa shape index (κ2) is 10.4. The Labute approximate surface area is 195 Å². The fourth-order valence-corrected chi connectivity index (χ4v) is 2.60. The summed E-state index contributed by atoms with van der Waals surface area (Å²) in [6.07, 6.45) is -7.13. The molecule has 5 atom stereocenters. The standard InChI is InChI=1S/C23H38O10/c1-12(24)30-16-15(33-20(28)23(8,9)10)14(32-19(27)22(5,6)7)13(31-17(16)25)11-29-18(26)21(2,3)4/h13-17,25H,11H2,1-10H3/t13-,14-,15+,16-,17+/m1/s1. The molecule has 0 bridgehead atoms. The van der Waals surface area contributed by atoms with Crippen LogP contribution in [0.2, 0.25) is 0 Å². The van der Waals surface area contributed by atoms with Gasteiger partial charge in [-0.15, -0.1) is 0 Å². The lowest BCUT2D eigenvalue weighted by atomic mass is 9.93. The van der Waals surface area contributed by atoms with Crippen LogP contribution in [0.5, 0.6) is 0 Å². The molecular formula is C23H38O10. The Morgan fingerprint density at radius 3 is 1.52 bits per heavy atom. The van der Waals surface area contributed by atoms with Crippen molar-refractivity contribution in [2.24, 2.45) is 16.2 Å². The number of hydrogen-bond acceptors (Lipinski definition) is 10. The van der Waals surface area contributed by atoms with Gasteiger partial charge in [0, 0.05) is 6.92 Å². The van der Waals surface area contributed by atoms with E-state index in [2.05, 4.69) is 0 Å². The number of carbonyl (C=O) groups is 4. The number of rotatable bonds is 5. The molecule has 0 spiro atoms. The van der Waals surface area contributed by atoms with Gasteiger partial charge in [0.25, 0.3) is 0 Å². The van der Waals surface area contributed by atoms with Crippen LogP contribution < -0.4 is 0 Å². The first kappa shape index (κ1) is 28.8. The maximum Gasteiger partial charge on any atom is 0.311 e. The van der Waals surface area contributed by atoms with E-state index in [0.29, 0.717) is 0 Å². The summed E-state index contributed by atoms with van der Waals surface area (Å²) >= 11 is 0. The van der Waals surface area contributed by atoms with Crippen molar-refractivity contribution in [1.82, 2.24) is 0 Å². The maximum absolute atomic E-state index is 12.7. The molecule has 1 fully saturated rings. The van der Waals surface area contributed by atoms with E-state index in [1.165, 1.54) is 0 Å². The van der Waals surface area contributed by atoms with E-state index in [9.17, 15) is 24.3 Å². The zero-order valence-electron chi connectivity index (χ0n) is 21.2. The molecule has 1 saturated heterocycles. The average molecular weight is 475 g/mol. The normalized spacial score (nSPS) is 26.2. The molecule has 1 aliphatic rings. The van der Waals surface area contributed by atoms with Gasteiger partial charge in [0.1, 0.15) is 12.7 Å². The van der Waals surface area contributed by atoms with Gasteiger partial charge in [0.05, 0.1) is 16.2 Å². The van der Waals surface area contributed by atoms with Gasteiger partial charge >= 0.3 is 23.9 Å². The molecule has 190 valence electrons. The van der Waals surface area contributed by atoms with Crippen molar-refractivity contribution in [3.8, 4) is 0 Å². The van der Waals surface area contributed by atoms with Crippen LogP contribution in [-0.4, -0.2) is 66.3 Å². The largest absolute Gasteiger partial charge is 0.462 e. The zero-order chi connectivity index (χ0) is 25.9. The second-order valence-electron chi connectivity index (χ2n) is 11.2. The van der Waals surface area contributed by atoms with Crippen LogP contribution in [-0.2, 0) is 42.9 Å². The van der Waals surface area contributed by atoms with Crippen LogP contribution in [0.3, 0.4) is 0 Å². The summed E-state index contributed by atoms with van der Waals surface area (Å²) in [6, 6.07) is 0. The topological polar surface area (TPSA) is 135 Å². The van der Waals surface area contributed by atoms with Gasteiger partial charge in [0.15, 0.2) is 24.6 Å². The highest BCUT2D eigenvalue weighted by Gasteiger charge is 2.53. The molecule has 0 aromatic heterocycles. The van der Waals surface area contributed by atoms with Gasteiger partial charge in [-0.05, 0) is 62.3 Å². The van der Waals surface area contributed by atoms with E-state index in [0.717, 1.165) is 6.92 Å². The fourth-order valence-electron chi connectivity index (χ4n) is 2.60. The minimum absolute atomic E-state index is 0.397. The van der Waals surface area contributed by atoms with Gasteiger partial charge < -0.3 is 28.8 Å². The van der Waals surface area contributed by atoms with Gasteiger partial charge in [-0.3, -0.25) is 19.2 Å². The lowest BCUT2D eigenvalue weighted by molar-refractivity contribution is -0.299. The number of hydrogen-bond donors (Lipinski definition) is 1. The second-order valence-corrected chi connectivity index (χ2v) is 11.2. The molecule has 0 aromatic carbocycles. The molecule has 33 heavy (non-hydrogen) atoms. The first-order chi connectivity index (χ1) is 14.7. The number of aliphatic hydroxyl groups is 1. The number of aliphatic hydroxyl groups excluding tert-OH is 1. The van der Waals surface area contributed by atoms with Crippen LogP contribution >= 0.6 is 0 Å². The highest BCUT2D eigenvalue weighted by molar-refractivity contribution is 5.77. The molecule has 0 aliphatic carbocycles. The molecule has 10 nitrogen and oxygen atoms in total. The predicted octanol–water partition coefficient (Wildman–Crippen LogP) is 2.14. The summed E-state index contributed by atoms with van der Waals surface area (Å²) in [6.45, 7) is 15.4. The smallest absolute Gasteiger partial charge is 0.311 e. The minimum Gasteiger partial charge on any atom is -0.462 e. The van der Waals surface area contributed by atoms with Gasteiger partial charge in [-0.1, -0.05) is 0 Å². The third-order valence-electron chi connectivity index (χ3n) is 4.61. The van der Waals surface area contributed by atoms with Crippen molar-refractivity contribution in [2.45, 2.75) is 99.9 Å². The van der Waals surface area contributed by atoms with Crippen LogP contribution in [0, 0.1) is 16.2 Å². The summed E-state index contributed by atoms with van der Waals surface area (Å²) in [7, 11) is 0. The summed E-state index contributed by atoms with van der Waals surface area (Å²) in [5, 5.41) is 10.5. The van der Waals surface area contributed by atoms with Crippen molar-refractivity contribution >= 4 is 23.9 Å². The van der Waals surface area contributed by atoms with Crippen LogP contribution in [0.4, 0.5) is 0 Å². The maximum atomic E-state index is 12.7. The van der Waals surface area contributed by atoms with Gasteiger partial charge in [-0.2, -0.15) is 0 Å². The Bertz CT molecular complexity index is 738. The van der Waals surface area contributed by atoms with E-state index in [1.807, 2.05) is 0 Å². The highest BCUT2D eigenvalue weighted by atomic mass is 16.7. The predicted molar refractivity (Wildman–Crippen MR) is 116 cm³/mol. The van der Waals surface area contributed by atoms with Crippen molar-refractivity contribution in [2.75, 3.05) is 6.61 Å². The Kier molecular flexibility index (Phi) is 9.07. The molecule has 1 aliphatic heterocycles.